The molecule has 0 atom stereocenters. The van der Waals surface area contributed by atoms with Crippen molar-refractivity contribution >= 4 is 22.4 Å². The molecule has 3 rings (SSSR count). The minimum Gasteiger partial charge on any atom is -0.423 e. The molecule has 5 heteroatoms. The van der Waals surface area contributed by atoms with Crippen LogP contribution in [0.25, 0.3) is 10.8 Å². The second kappa shape index (κ2) is 5.88. The lowest BCUT2D eigenvalue weighted by Gasteiger charge is -2.07. The largest absolute Gasteiger partial charge is 0.423 e. The Morgan fingerprint density at radius 2 is 1.74 bits per heavy atom. The highest BCUT2D eigenvalue weighted by molar-refractivity contribution is 5.96. The highest BCUT2D eigenvalue weighted by Crippen LogP contribution is 2.26. The Kier molecular flexibility index (Phi) is 3.76. The highest BCUT2D eigenvalue weighted by atomic mass is 16.6. The van der Waals surface area contributed by atoms with Gasteiger partial charge < -0.3 is 4.74 Å². The molecular formula is C18H13NO4. The molecule has 0 spiro atoms. The number of nitro benzene ring substituents is 1. The van der Waals surface area contributed by atoms with Gasteiger partial charge in [0.15, 0.2) is 0 Å². The summed E-state index contributed by atoms with van der Waals surface area (Å²) in [6, 6.07) is 17.5. The van der Waals surface area contributed by atoms with Crippen LogP contribution in [0.4, 0.5) is 5.69 Å². The maximum Gasteiger partial charge on any atom is 0.350 e. The van der Waals surface area contributed by atoms with E-state index in [0.717, 1.165) is 10.8 Å². The fraction of sp³-hybridized carbons (Fsp3) is 0.0556. The molecule has 0 heterocycles. The molecule has 0 saturated carbocycles. The van der Waals surface area contributed by atoms with Crippen molar-refractivity contribution in [1.29, 1.82) is 0 Å². The number of nitrogens with zero attached hydrogens (tertiary/aromatic N) is 1. The van der Waals surface area contributed by atoms with Crippen LogP contribution in [-0.4, -0.2) is 10.9 Å². The molecule has 0 aliphatic carbocycles. The van der Waals surface area contributed by atoms with Gasteiger partial charge in [-0.25, -0.2) is 4.79 Å². The Morgan fingerprint density at radius 3 is 2.48 bits per heavy atom. The predicted octanol–water partition coefficient (Wildman–Crippen LogP) is 4.28. The van der Waals surface area contributed by atoms with Crippen molar-refractivity contribution in [1.82, 2.24) is 0 Å². The Bertz CT molecular complexity index is 918. The molecule has 3 aromatic carbocycles. The first-order valence-corrected chi connectivity index (χ1v) is 7.01. The molecule has 0 bridgehead atoms. The van der Waals surface area contributed by atoms with Crippen LogP contribution in [0.1, 0.15) is 15.9 Å². The first kappa shape index (κ1) is 14.7. The average Bonchev–Trinajstić information content (AvgIpc) is 2.54. The minimum absolute atomic E-state index is 0.0526. The van der Waals surface area contributed by atoms with E-state index in [1.807, 2.05) is 30.3 Å². The highest BCUT2D eigenvalue weighted by Gasteiger charge is 2.24. The van der Waals surface area contributed by atoms with E-state index in [-0.39, 0.29) is 11.3 Å². The number of aryl methyl sites for hydroxylation is 1. The molecule has 0 saturated heterocycles. The molecule has 0 radical (unpaired) electrons. The molecule has 114 valence electrons. The topological polar surface area (TPSA) is 69.4 Å². The summed E-state index contributed by atoms with van der Waals surface area (Å²) in [5.41, 5.74) is 0.143. The first-order chi connectivity index (χ1) is 11.1. The van der Waals surface area contributed by atoms with Gasteiger partial charge in [0.1, 0.15) is 11.3 Å². The van der Waals surface area contributed by atoms with E-state index in [1.54, 1.807) is 31.2 Å². The number of rotatable bonds is 3. The van der Waals surface area contributed by atoms with Gasteiger partial charge in [-0.15, -0.1) is 0 Å². The smallest absolute Gasteiger partial charge is 0.350 e. The molecule has 0 aliphatic rings. The average molecular weight is 307 g/mol. The third kappa shape index (κ3) is 2.89. The monoisotopic (exact) mass is 307 g/mol. The van der Waals surface area contributed by atoms with E-state index in [4.69, 9.17) is 4.74 Å². The number of fused-ring (bicyclic) bond motifs is 1. The predicted molar refractivity (Wildman–Crippen MR) is 86.7 cm³/mol. The lowest BCUT2D eigenvalue weighted by molar-refractivity contribution is -0.385. The van der Waals surface area contributed by atoms with Gasteiger partial charge in [-0.2, -0.15) is 0 Å². The van der Waals surface area contributed by atoms with E-state index < -0.39 is 10.9 Å². The van der Waals surface area contributed by atoms with Crippen LogP contribution in [-0.2, 0) is 0 Å². The summed E-state index contributed by atoms with van der Waals surface area (Å²) in [6.45, 7) is 1.59. The minimum atomic E-state index is -0.740. The number of nitro groups is 1. The van der Waals surface area contributed by atoms with Crippen molar-refractivity contribution in [2.45, 2.75) is 6.92 Å². The molecule has 3 aromatic rings. The van der Waals surface area contributed by atoms with E-state index in [1.165, 1.54) is 6.07 Å². The number of hydrogen-bond acceptors (Lipinski definition) is 4. The van der Waals surface area contributed by atoms with Crippen molar-refractivity contribution in [3.63, 3.8) is 0 Å². The lowest BCUT2D eigenvalue weighted by atomic mass is 10.1. The summed E-state index contributed by atoms with van der Waals surface area (Å²) < 4.78 is 5.31. The van der Waals surface area contributed by atoms with Crippen LogP contribution in [0, 0.1) is 17.0 Å². The molecule has 5 nitrogen and oxygen atoms in total. The van der Waals surface area contributed by atoms with Crippen LogP contribution in [0.15, 0.2) is 60.7 Å². The van der Waals surface area contributed by atoms with Gasteiger partial charge in [0, 0.05) is 5.56 Å². The van der Waals surface area contributed by atoms with Crippen molar-refractivity contribution in [2.24, 2.45) is 0 Å². The van der Waals surface area contributed by atoms with Crippen LogP contribution < -0.4 is 4.74 Å². The first-order valence-electron chi connectivity index (χ1n) is 7.01. The zero-order valence-corrected chi connectivity index (χ0v) is 12.4. The van der Waals surface area contributed by atoms with Crippen molar-refractivity contribution in [3.8, 4) is 5.75 Å². The maximum absolute atomic E-state index is 12.3. The summed E-state index contributed by atoms with van der Waals surface area (Å²) >= 11 is 0. The van der Waals surface area contributed by atoms with E-state index >= 15 is 0 Å². The number of ether oxygens (including phenoxy) is 1. The van der Waals surface area contributed by atoms with Crippen LogP contribution in [0.3, 0.4) is 0 Å². The van der Waals surface area contributed by atoms with Crippen LogP contribution in [0.2, 0.25) is 0 Å². The summed E-state index contributed by atoms with van der Waals surface area (Å²) in [4.78, 5) is 22.9. The van der Waals surface area contributed by atoms with Gasteiger partial charge in [-0.05, 0) is 35.9 Å². The molecular weight excluding hydrogens is 294 g/mol. The molecule has 0 amide bonds. The molecule has 0 aromatic heterocycles. The molecule has 0 fully saturated rings. The van der Waals surface area contributed by atoms with E-state index in [0.29, 0.717) is 11.3 Å². The SMILES string of the molecule is Cc1cccc(C(=O)Oc2ccc3ccccc3c2)c1[N+](=O)[O-]. The number of esters is 1. The van der Waals surface area contributed by atoms with Crippen molar-refractivity contribution < 1.29 is 14.5 Å². The fourth-order valence-electron chi connectivity index (χ4n) is 2.46. The van der Waals surface area contributed by atoms with E-state index in [2.05, 4.69) is 0 Å². The standard InChI is InChI=1S/C18H13NO4/c1-12-5-4-8-16(17(12)19(21)22)18(20)23-15-10-9-13-6-2-3-7-14(13)11-15/h2-11H,1H3. The fourth-order valence-corrected chi connectivity index (χ4v) is 2.46. The number of benzene rings is 3. The summed E-state index contributed by atoms with van der Waals surface area (Å²) in [5, 5.41) is 13.1. The second-order valence-corrected chi connectivity index (χ2v) is 5.13. The third-order valence-corrected chi connectivity index (χ3v) is 3.57. The molecule has 0 aliphatic heterocycles. The Labute approximate surface area is 132 Å². The number of carbonyl (C=O) groups is 1. The zero-order valence-electron chi connectivity index (χ0n) is 12.4. The quantitative estimate of drug-likeness (QED) is 0.313. The Hall–Kier alpha value is -3.21. The van der Waals surface area contributed by atoms with Gasteiger partial charge in [0.25, 0.3) is 5.69 Å². The normalized spacial score (nSPS) is 10.5. The summed E-state index contributed by atoms with van der Waals surface area (Å²) in [6.07, 6.45) is 0. The lowest BCUT2D eigenvalue weighted by Crippen LogP contribution is -2.11. The van der Waals surface area contributed by atoms with Crippen molar-refractivity contribution in [3.05, 3.63) is 81.9 Å². The van der Waals surface area contributed by atoms with E-state index in [9.17, 15) is 14.9 Å². The Balaban J connectivity index is 1.95. The van der Waals surface area contributed by atoms with Gasteiger partial charge in [-0.1, -0.05) is 42.5 Å². The van der Waals surface area contributed by atoms with Gasteiger partial charge in [0.05, 0.1) is 4.92 Å². The van der Waals surface area contributed by atoms with Gasteiger partial charge in [0.2, 0.25) is 0 Å². The number of hydrogen-bond donors (Lipinski definition) is 0. The molecule has 23 heavy (non-hydrogen) atoms. The summed E-state index contributed by atoms with van der Waals surface area (Å²) in [7, 11) is 0. The van der Waals surface area contributed by atoms with Gasteiger partial charge >= 0.3 is 5.97 Å². The third-order valence-electron chi connectivity index (χ3n) is 3.57. The summed E-state index contributed by atoms with van der Waals surface area (Å²) in [5.74, 6) is -0.389. The van der Waals surface area contributed by atoms with Crippen LogP contribution >= 0.6 is 0 Å². The molecule has 0 unspecified atom stereocenters. The number of para-hydroxylation sites is 1. The maximum atomic E-state index is 12.3. The zero-order chi connectivity index (χ0) is 16.4. The van der Waals surface area contributed by atoms with Gasteiger partial charge in [-0.3, -0.25) is 10.1 Å². The van der Waals surface area contributed by atoms with Crippen LogP contribution in [0.5, 0.6) is 5.75 Å². The van der Waals surface area contributed by atoms with Crippen molar-refractivity contribution in [2.75, 3.05) is 0 Å². The molecule has 0 N–H and O–H groups in total. The second-order valence-electron chi connectivity index (χ2n) is 5.13. The number of carbonyl (C=O) groups excluding carboxylic acids is 1. The Morgan fingerprint density at radius 1 is 1.00 bits per heavy atom.